The third-order valence-corrected chi connectivity index (χ3v) is 3.60. The van der Waals surface area contributed by atoms with Gasteiger partial charge in [-0.15, -0.1) is 0 Å². The molecule has 1 aromatic rings. The summed E-state index contributed by atoms with van der Waals surface area (Å²) in [6, 6.07) is 2.56. The van der Waals surface area contributed by atoms with Gasteiger partial charge in [0.15, 0.2) is 0 Å². The molecule has 1 saturated carbocycles. The number of carboxylic acid groups (broad SMARTS) is 1. The summed E-state index contributed by atoms with van der Waals surface area (Å²) in [5.41, 5.74) is 0.524. The molecule has 7 heteroatoms. The molecule has 114 valence electrons. The summed E-state index contributed by atoms with van der Waals surface area (Å²) < 4.78 is 4.93. The minimum Gasteiger partial charge on any atom is -0.481 e. The Bertz CT molecular complexity index is 503. The monoisotopic (exact) mass is 293 g/mol. The first-order valence-electron chi connectivity index (χ1n) is 6.90. The van der Waals surface area contributed by atoms with Crippen LogP contribution in [0.5, 0.6) is 5.88 Å². The van der Waals surface area contributed by atoms with Crippen LogP contribution in [0.15, 0.2) is 18.3 Å². The van der Waals surface area contributed by atoms with Crippen LogP contribution in [0.25, 0.3) is 0 Å². The lowest BCUT2D eigenvalue weighted by atomic mass is 9.84. The fraction of sp³-hybridized carbons (Fsp3) is 0.500. The molecule has 0 aliphatic heterocycles. The zero-order chi connectivity index (χ0) is 15.2. The fourth-order valence-electron chi connectivity index (χ4n) is 2.51. The fourth-order valence-corrected chi connectivity index (χ4v) is 2.51. The summed E-state index contributed by atoms with van der Waals surface area (Å²) >= 11 is 0. The average molecular weight is 293 g/mol. The van der Waals surface area contributed by atoms with Gasteiger partial charge in [0, 0.05) is 12.1 Å². The molecule has 3 N–H and O–H groups in total. The first kappa shape index (κ1) is 15.1. The second-order valence-corrected chi connectivity index (χ2v) is 5.02. The number of methoxy groups -OCH3 is 1. The number of urea groups is 1. The topological polar surface area (TPSA) is 101 Å². The highest BCUT2D eigenvalue weighted by atomic mass is 16.5. The van der Waals surface area contributed by atoms with Crippen molar-refractivity contribution in [3.63, 3.8) is 0 Å². The molecule has 2 atom stereocenters. The molecule has 1 heterocycles. The van der Waals surface area contributed by atoms with Crippen LogP contribution in [-0.4, -0.2) is 35.2 Å². The van der Waals surface area contributed by atoms with E-state index in [1.54, 1.807) is 12.1 Å². The minimum absolute atomic E-state index is 0.331. The summed E-state index contributed by atoms with van der Waals surface area (Å²) in [4.78, 5) is 27.1. The summed E-state index contributed by atoms with van der Waals surface area (Å²) in [6.07, 6.45) is 4.58. The van der Waals surface area contributed by atoms with Crippen LogP contribution in [0.3, 0.4) is 0 Å². The van der Waals surface area contributed by atoms with Crippen LogP contribution in [0.1, 0.15) is 25.7 Å². The largest absolute Gasteiger partial charge is 0.481 e. The van der Waals surface area contributed by atoms with Gasteiger partial charge in [-0.05, 0) is 18.9 Å². The van der Waals surface area contributed by atoms with Crippen molar-refractivity contribution in [1.29, 1.82) is 0 Å². The Morgan fingerprint density at radius 3 is 2.71 bits per heavy atom. The van der Waals surface area contributed by atoms with E-state index < -0.39 is 17.9 Å². The zero-order valence-corrected chi connectivity index (χ0v) is 11.8. The number of carbonyl (C=O) groups is 2. The van der Waals surface area contributed by atoms with Gasteiger partial charge in [-0.1, -0.05) is 12.8 Å². The third-order valence-electron chi connectivity index (χ3n) is 3.60. The molecule has 2 rings (SSSR count). The van der Waals surface area contributed by atoms with E-state index in [1.807, 2.05) is 0 Å². The number of aromatic nitrogens is 1. The van der Waals surface area contributed by atoms with Crippen molar-refractivity contribution < 1.29 is 19.4 Å². The molecular weight excluding hydrogens is 274 g/mol. The highest BCUT2D eigenvalue weighted by molar-refractivity contribution is 5.89. The van der Waals surface area contributed by atoms with E-state index in [4.69, 9.17) is 4.74 Å². The molecule has 7 nitrogen and oxygen atoms in total. The van der Waals surface area contributed by atoms with Crippen LogP contribution in [0, 0.1) is 5.92 Å². The Morgan fingerprint density at radius 1 is 1.33 bits per heavy atom. The smallest absolute Gasteiger partial charge is 0.319 e. The highest BCUT2D eigenvalue weighted by Gasteiger charge is 2.31. The molecule has 1 aliphatic rings. The van der Waals surface area contributed by atoms with E-state index in [9.17, 15) is 14.7 Å². The van der Waals surface area contributed by atoms with Crippen molar-refractivity contribution in [1.82, 2.24) is 10.3 Å². The summed E-state index contributed by atoms with van der Waals surface area (Å²) in [6.45, 7) is 0. The number of carboxylic acids is 1. The molecule has 0 spiro atoms. The quantitative estimate of drug-likeness (QED) is 0.786. The van der Waals surface area contributed by atoms with Crippen LogP contribution < -0.4 is 15.4 Å². The van der Waals surface area contributed by atoms with E-state index in [1.165, 1.54) is 13.3 Å². The number of pyridine rings is 1. The number of nitrogens with one attached hydrogen (secondary N) is 2. The maximum absolute atomic E-state index is 11.9. The maximum Gasteiger partial charge on any atom is 0.319 e. The molecule has 0 radical (unpaired) electrons. The third kappa shape index (κ3) is 4.08. The van der Waals surface area contributed by atoms with Crippen molar-refractivity contribution >= 4 is 17.7 Å². The lowest BCUT2D eigenvalue weighted by molar-refractivity contribution is -0.143. The van der Waals surface area contributed by atoms with Gasteiger partial charge in [0.25, 0.3) is 0 Å². The molecular formula is C14H19N3O4. The second kappa shape index (κ2) is 6.92. The molecule has 0 aromatic carbocycles. The van der Waals surface area contributed by atoms with Crippen molar-refractivity contribution in [2.45, 2.75) is 31.7 Å². The SMILES string of the molecule is COc1ccc(NC(=O)NC2CCCCC2C(=O)O)cn1. The Labute approximate surface area is 122 Å². The molecule has 21 heavy (non-hydrogen) atoms. The van der Waals surface area contributed by atoms with E-state index in [0.717, 1.165) is 12.8 Å². The Kier molecular flexibility index (Phi) is 4.97. The molecule has 0 saturated heterocycles. The average Bonchev–Trinajstić information content (AvgIpc) is 2.48. The van der Waals surface area contributed by atoms with Gasteiger partial charge >= 0.3 is 12.0 Å². The number of anilines is 1. The number of ether oxygens (including phenoxy) is 1. The molecule has 2 unspecified atom stereocenters. The van der Waals surface area contributed by atoms with Gasteiger partial charge in [0.05, 0.1) is 24.9 Å². The molecule has 1 aliphatic carbocycles. The van der Waals surface area contributed by atoms with E-state index in [0.29, 0.717) is 24.4 Å². The van der Waals surface area contributed by atoms with Crippen molar-refractivity contribution in [2.75, 3.05) is 12.4 Å². The standard InChI is InChI=1S/C14H19N3O4/c1-21-12-7-6-9(8-15-12)16-14(20)17-11-5-3-2-4-10(11)13(18)19/h6-8,10-11H,2-5H2,1H3,(H,18,19)(H2,16,17,20). The van der Waals surface area contributed by atoms with Gasteiger partial charge in [0.2, 0.25) is 5.88 Å². The number of nitrogens with zero attached hydrogens (tertiary/aromatic N) is 1. The summed E-state index contributed by atoms with van der Waals surface area (Å²) in [7, 11) is 1.51. The van der Waals surface area contributed by atoms with Crippen LogP contribution in [0.4, 0.5) is 10.5 Å². The summed E-state index contributed by atoms with van der Waals surface area (Å²) in [5.74, 6) is -0.913. The van der Waals surface area contributed by atoms with E-state index >= 15 is 0 Å². The molecule has 0 bridgehead atoms. The predicted octanol–water partition coefficient (Wildman–Crippen LogP) is 1.86. The molecule has 2 amide bonds. The highest BCUT2D eigenvalue weighted by Crippen LogP contribution is 2.24. The van der Waals surface area contributed by atoms with Gasteiger partial charge in [-0.2, -0.15) is 0 Å². The number of amides is 2. The number of rotatable bonds is 4. The number of aliphatic carboxylic acids is 1. The lowest BCUT2D eigenvalue weighted by Gasteiger charge is -2.29. The number of hydrogen-bond acceptors (Lipinski definition) is 4. The minimum atomic E-state index is -0.855. The van der Waals surface area contributed by atoms with Gasteiger partial charge in [0.1, 0.15) is 0 Å². The van der Waals surface area contributed by atoms with Crippen molar-refractivity contribution in [3.8, 4) is 5.88 Å². The molecule has 1 fully saturated rings. The summed E-state index contributed by atoms with van der Waals surface area (Å²) in [5, 5.41) is 14.5. The number of hydrogen-bond donors (Lipinski definition) is 3. The first-order valence-corrected chi connectivity index (χ1v) is 6.90. The van der Waals surface area contributed by atoms with Crippen molar-refractivity contribution in [3.05, 3.63) is 18.3 Å². The molecule has 1 aromatic heterocycles. The van der Waals surface area contributed by atoms with Crippen LogP contribution in [0.2, 0.25) is 0 Å². The normalized spacial score (nSPS) is 21.4. The van der Waals surface area contributed by atoms with E-state index in [2.05, 4.69) is 15.6 Å². The zero-order valence-electron chi connectivity index (χ0n) is 11.8. The van der Waals surface area contributed by atoms with Gasteiger partial charge in [-0.25, -0.2) is 9.78 Å². The lowest BCUT2D eigenvalue weighted by Crippen LogP contribution is -2.46. The Balaban J connectivity index is 1.92. The Morgan fingerprint density at radius 2 is 2.10 bits per heavy atom. The number of carbonyl (C=O) groups excluding carboxylic acids is 1. The second-order valence-electron chi connectivity index (χ2n) is 5.02. The van der Waals surface area contributed by atoms with E-state index in [-0.39, 0.29) is 6.04 Å². The predicted molar refractivity (Wildman–Crippen MR) is 76.3 cm³/mol. The van der Waals surface area contributed by atoms with Crippen LogP contribution >= 0.6 is 0 Å². The van der Waals surface area contributed by atoms with Crippen LogP contribution in [-0.2, 0) is 4.79 Å². The van der Waals surface area contributed by atoms with Gasteiger partial charge in [-0.3, -0.25) is 4.79 Å². The Hall–Kier alpha value is -2.31. The first-order chi connectivity index (χ1) is 10.1. The maximum atomic E-state index is 11.9. The van der Waals surface area contributed by atoms with Gasteiger partial charge < -0.3 is 20.5 Å². The van der Waals surface area contributed by atoms with Crippen molar-refractivity contribution in [2.24, 2.45) is 5.92 Å².